The molecule has 3 heteroatoms. The Morgan fingerprint density at radius 1 is 1.40 bits per heavy atom. The maximum absolute atomic E-state index is 8.49. The summed E-state index contributed by atoms with van der Waals surface area (Å²) in [6.45, 7) is 4.62. The van der Waals surface area contributed by atoms with E-state index in [0.717, 1.165) is 16.9 Å². The summed E-state index contributed by atoms with van der Waals surface area (Å²) in [5.41, 5.74) is 7.23. The predicted octanol–water partition coefficient (Wildman–Crippen LogP) is 1.65. The van der Waals surface area contributed by atoms with Crippen LogP contribution in [-0.4, -0.2) is 13.2 Å². The van der Waals surface area contributed by atoms with Crippen molar-refractivity contribution < 1.29 is 4.74 Å². The first-order chi connectivity index (χ1) is 7.26. The molecule has 0 aliphatic heterocycles. The molecule has 1 rings (SSSR count). The second kappa shape index (κ2) is 5.84. The normalized spacial score (nSPS) is 9.33. The average molecular weight is 202 g/mol. The van der Waals surface area contributed by atoms with Crippen LogP contribution in [0.2, 0.25) is 0 Å². The number of nitrogens with zero attached hydrogens (tertiary/aromatic N) is 1. The molecule has 0 bridgehead atoms. The zero-order valence-electron chi connectivity index (χ0n) is 8.57. The van der Waals surface area contributed by atoms with Crippen LogP contribution in [0.15, 0.2) is 36.4 Å². The Labute approximate surface area is 89.8 Å². The summed E-state index contributed by atoms with van der Waals surface area (Å²) in [5.74, 6) is 0.770. The topological polar surface area (TPSA) is 59.0 Å². The Bertz CT molecular complexity index is 362. The van der Waals surface area contributed by atoms with Gasteiger partial charge in [-0.1, -0.05) is 18.7 Å². The molecular formula is C12H14N2O. The van der Waals surface area contributed by atoms with Crippen molar-refractivity contribution >= 4 is 0 Å². The number of ether oxygens (including phenoxy) is 1. The molecule has 0 spiro atoms. The molecule has 0 aliphatic rings. The molecule has 0 unspecified atom stereocenters. The van der Waals surface area contributed by atoms with Crippen molar-refractivity contribution in [2.75, 3.05) is 13.2 Å². The van der Waals surface area contributed by atoms with Crippen LogP contribution in [0.1, 0.15) is 5.56 Å². The van der Waals surface area contributed by atoms with Crippen molar-refractivity contribution in [3.63, 3.8) is 0 Å². The molecular weight excluding hydrogens is 188 g/mol. The summed E-state index contributed by atoms with van der Waals surface area (Å²) >= 11 is 0. The minimum atomic E-state index is 0.426. The van der Waals surface area contributed by atoms with Crippen molar-refractivity contribution in [2.45, 2.75) is 6.42 Å². The highest BCUT2D eigenvalue weighted by atomic mass is 16.5. The molecule has 0 saturated heterocycles. The van der Waals surface area contributed by atoms with Crippen LogP contribution in [0.5, 0.6) is 5.75 Å². The molecule has 1 aromatic carbocycles. The van der Waals surface area contributed by atoms with E-state index in [1.54, 1.807) is 0 Å². The predicted molar refractivity (Wildman–Crippen MR) is 59.4 cm³/mol. The number of hydrogen-bond acceptors (Lipinski definition) is 3. The first-order valence-corrected chi connectivity index (χ1v) is 4.71. The Balaban J connectivity index is 2.50. The quantitative estimate of drug-likeness (QED) is 0.738. The van der Waals surface area contributed by atoms with E-state index in [4.69, 9.17) is 15.7 Å². The lowest BCUT2D eigenvalue weighted by Crippen LogP contribution is -2.09. The Morgan fingerprint density at radius 3 is 2.60 bits per heavy atom. The van der Waals surface area contributed by atoms with Gasteiger partial charge in [-0.15, -0.1) is 0 Å². The maximum atomic E-state index is 8.49. The van der Waals surface area contributed by atoms with E-state index in [0.29, 0.717) is 19.6 Å². The highest BCUT2D eigenvalue weighted by molar-refractivity contribution is 5.29. The molecule has 1 aromatic rings. The summed E-state index contributed by atoms with van der Waals surface area (Å²) in [4.78, 5) is 0. The van der Waals surface area contributed by atoms with Gasteiger partial charge >= 0.3 is 0 Å². The van der Waals surface area contributed by atoms with Crippen LogP contribution in [0.25, 0.3) is 0 Å². The second-order valence-corrected chi connectivity index (χ2v) is 3.22. The van der Waals surface area contributed by atoms with E-state index in [-0.39, 0.29) is 0 Å². The fraction of sp³-hybridized carbons (Fsp3) is 0.250. The molecule has 0 saturated carbocycles. The van der Waals surface area contributed by atoms with Gasteiger partial charge in [-0.3, -0.25) is 0 Å². The zero-order chi connectivity index (χ0) is 11.1. The minimum Gasteiger partial charge on any atom is -0.489 e. The van der Waals surface area contributed by atoms with Crippen LogP contribution in [0, 0.1) is 11.3 Å². The van der Waals surface area contributed by atoms with Gasteiger partial charge in [0.1, 0.15) is 12.4 Å². The van der Waals surface area contributed by atoms with Crippen LogP contribution < -0.4 is 10.5 Å². The van der Waals surface area contributed by atoms with Gasteiger partial charge in [-0.2, -0.15) is 5.26 Å². The number of nitrogens with two attached hydrogens (primary N) is 1. The molecule has 0 aliphatic carbocycles. The zero-order valence-corrected chi connectivity index (χ0v) is 8.57. The van der Waals surface area contributed by atoms with Crippen molar-refractivity contribution in [2.24, 2.45) is 5.73 Å². The van der Waals surface area contributed by atoms with Crippen LogP contribution in [0.4, 0.5) is 0 Å². The van der Waals surface area contributed by atoms with Gasteiger partial charge in [-0.25, -0.2) is 0 Å². The lowest BCUT2D eigenvalue weighted by molar-refractivity contribution is 0.351. The molecule has 0 aromatic heterocycles. The van der Waals surface area contributed by atoms with Gasteiger partial charge in [0.2, 0.25) is 0 Å². The molecule has 0 radical (unpaired) electrons. The van der Waals surface area contributed by atoms with Crippen molar-refractivity contribution in [3.8, 4) is 11.8 Å². The standard InChI is InChI=1S/C12H14N2O/c1-10(8-14)9-15-12-4-2-11(3-5-12)6-7-13/h2-5H,1,6,8-9,14H2. The number of rotatable bonds is 5. The largest absolute Gasteiger partial charge is 0.489 e. The first kappa shape index (κ1) is 11.3. The first-order valence-electron chi connectivity index (χ1n) is 4.71. The minimum absolute atomic E-state index is 0.426. The highest BCUT2D eigenvalue weighted by Crippen LogP contribution is 2.12. The molecule has 0 atom stereocenters. The van der Waals surface area contributed by atoms with Crippen LogP contribution in [-0.2, 0) is 6.42 Å². The lowest BCUT2D eigenvalue weighted by Gasteiger charge is -2.07. The number of benzene rings is 1. The number of nitriles is 1. The summed E-state index contributed by atoms with van der Waals surface area (Å²) in [6, 6.07) is 9.54. The lowest BCUT2D eigenvalue weighted by atomic mass is 10.2. The van der Waals surface area contributed by atoms with Crippen molar-refractivity contribution in [1.29, 1.82) is 5.26 Å². The van der Waals surface area contributed by atoms with E-state index in [1.165, 1.54) is 0 Å². The average Bonchev–Trinajstić information content (AvgIpc) is 2.28. The summed E-state index contributed by atoms with van der Waals surface area (Å²) in [6.07, 6.45) is 0.426. The van der Waals surface area contributed by atoms with Crippen LogP contribution in [0.3, 0.4) is 0 Å². The smallest absolute Gasteiger partial charge is 0.119 e. The molecule has 3 nitrogen and oxygen atoms in total. The summed E-state index contributed by atoms with van der Waals surface area (Å²) in [5, 5.41) is 8.49. The van der Waals surface area contributed by atoms with E-state index in [9.17, 15) is 0 Å². The van der Waals surface area contributed by atoms with Gasteiger partial charge in [0.05, 0.1) is 12.5 Å². The molecule has 78 valence electrons. The van der Waals surface area contributed by atoms with Crippen molar-refractivity contribution in [1.82, 2.24) is 0 Å². The second-order valence-electron chi connectivity index (χ2n) is 3.22. The van der Waals surface area contributed by atoms with Gasteiger partial charge in [0.25, 0.3) is 0 Å². The van der Waals surface area contributed by atoms with Crippen molar-refractivity contribution in [3.05, 3.63) is 42.0 Å². The fourth-order valence-electron chi connectivity index (χ4n) is 1.04. The number of hydrogen-bond donors (Lipinski definition) is 1. The Kier molecular flexibility index (Phi) is 4.39. The molecule has 0 amide bonds. The van der Waals surface area contributed by atoms with E-state index in [1.807, 2.05) is 24.3 Å². The Morgan fingerprint density at radius 2 is 2.07 bits per heavy atom. The van der Waals surface area contributed by atoms with Crippen LogP contribution >= 0.6 is 0 Å². The van der Waals surface area contributed by atoms with Gasteiger partial charge in [0, 0.05) is 6.54 Å². The fourth-order valence-corrected chi connectivity index (χ4v) is 1.04. The monoisotopic (exact) mass is 202 g/mol. The maximum Gasteiger partial charge on any atom is 0.119 e. The molecule has 0 heterocycles. The van der Waals surface area contributed by atoms with Gasteiger partial charge < -0.3 is 10.5 Å². The Hall–Kier alpha value is -1.79. The van der Waals surface area contributed by atoms with E-state index < -0.39 is 0 Å². The van der Waals surface area contributed by atoms with E-state index in [2.05, 4.69) is 12.6 Å². The summed E-state index contributed by atoms with van der Waals surface area (Å²) in [7, 11) is 0. The van der Waals surface area contributed by atoms with Gasteiger partial charge in [-0.05, 0) is 23.3 Å². The third kappa shape index (κ3) is 3.84. The molecule has 2 N–H and O–H groups in total. The van der Waals surface area contributed by atoms with Gasteiger partial charge in [0.15, 0.2) is 0 Å². The van der Waals surface area contributed by atoms with E-state index >= 15 is 0 Å². The summed E-state index contributed by atoms with van der Waals surface area (Å²) < 4.78 is 5.43. The third-order valence-electron chi connectivity index (χ3n) is 1.94. The highest BCUT2D eigenvalue weighted by Gasteiger charge is 1.96. The molecule has 0 fully saturated rings. The molecule has 15 heavy (non-hydrogen) atoms. The SMILES string of the molecule is C=C(CN)COc1ccc(CC#N)cc1. The third-order valence-corrected chi connectivity index (χ3v) is 1.94.